The van der Waals surface area contributed by atoms with Crippen molar-refractivity contribution in [2.45, 2.75) is 25.8 Å². The first-order valence-electron chi connectivity index (χ1n) is 8.24. The molecule has 1 unspecified atom stereocenters. The Morgan fingerprint density at radius 2 is 1.64 bits per heavy atom. The Kier molecular flexibility index (Phi) is 6.60. The van der Waals surface area contributed by atoms with Gasteiger partial charge in [-0.25, -0.2) is 0 Å². The number of morpholine rings is 1. The molecule has 2 heterocycles. The van der Waals surface area contributed by atoms with Gasteiger partial charge in [0.1, 0.15) is 0 Å². The van der Waals surface area contributed by atoms with Crippen molar-refractivity contribution in [3.8, 4) is 0 Å². The second-order valence-electron chi connectivity index (χ2n) is 5.99. The van der Waals surface area contributed by atoms with Crippen LogP contribution in [0.2, 0.25) is 0 Å². The van der Waals surface area contributed by atoms with E-state index in [1.807, 2.05) is 11.8 Å². The minimum Gasteiger partial charge on any atom is -0.379 e. The summed E-state index contributed by atoms with van der Waals surface area (Å²) in [6.45, 7) is 7.89. The fourth-order valence-corrected chi connectivity index (χ4v) is 2.90. The largest absolute Gasteiger partial charge is 0.379 e. The number of piperazine rings is 1. The third kappa shape index (κ3) is 4.66. The molecule has 2 saturated heterocycles. The summed E-state index contributed by atoms with van der Waals surface area (Å²) in [6.07, 6.45) is 1.62. The van der Waals surface area contributed by atoms with E-state index in [0.29, 0.717) is 45.9 Å². The quantitative estimate of drug-likeness (QED) is 0.713. The van der Waals surface area contributed by atoms with Crippen LogP contribution in [-0.2, 0) is 14.3 Å². The predicted octanol–water partition coefficient (Wildman–Crippen LogP) is -0.883. The van der Waals surface area contributed by atoms with Gasteiger partial charge < -0.3 is 20.3 Å². The van der Waals surface area contributed by atoms with Crippen LogP contribution < -0.4 is 5.73 Å². The number of carbonyl (C=O) groups excluding carboxylic acids is 2. The lowest BCUT2D eigenvalue weighted by Crippen LogP contribution is -2.55. The van der Waals surface area contributed by atoms with Gasteiger partial charge in [0.15, 0.2) is 0 Å². The Hall–Kier alpha value is -1.18. The molecular formula is C15H28N4O3. The zero-order chi connectivity index (χ0) is 15.9. The molecule has 2 rings (SSSR count). The average molecular weight is 312 g/mol. The highest BCUT2D eigenvalue weighted by Crippen LogP contribution is 2.07. The van der Waals surface area contributed by atoms with Crippen molar-refractivity contribution < 1.29 is 14.3 Å². The average Bonchev–Trinajstić information content (AvgIpc) is 2.55. The minimum absolute atomic E-state index is 0.0159. The highest BCUT2D eigenvalue weighted by Gasteiger charge is 2.27. The van der Waals surface area contributed by atoms with Gasteiger partial charge in [-0.2, -0.15) is 0 Å². The standard InChI is InChI=1S/C15H28N4O3/c1-2-3-13(16)15(21)19-6-4-18(5-7-19)14(20)12-17-8-10-22-11-9-17/h13H,2-12,16H2,1H3. The molecule has 2 amide bonds. The van der Waals surface area contributed by atoms with Crippen molar-refractivity contribution in [1.82, 2.24) is 14.7 Å². The first-order valence-corrected chi connectivity index (χ1v) is 8.24. The van der Waals surface area contributed by atoms with E-state index in [2.05, 4.69) is 4.90 Å². The number of hydrogen-bond donors (Lipinski definition) is 1. The van der Waals surface area contributed by atoms with Crippen molar-refractivity contribution in [3.63, 3.8) is 0 Å². The van der Waals surface area contributed by atoms with Gasteiger partial charge in [-0.3, -0.25) is 14.5 Å². The maximum atomic E-state index is 12.3. The molecule has 0 saturated carbocycles. The van der Waals surface area contributed by atoms with Crippen LogP contribution in [0.3, 0.4) is 0 Å². The Balaban J connectivity index is 1.74. The third-order valence-corrected chi connectivity index (χ3v) is 4.32. The zero-order valence-electron chi connectivity index (χ0n) is 13.5. The van der Waals surface area contributed by atoms with Crippen LogP contribution in [0.15, 0.2) is 0 Å². The van der Waals surface area contributed by atoms with E-state index < -0.39 is 6.04 Å². The van der Waals surface area contributed by atoms with E-state index in [1.54, 1.807) is 4.90 Å². The molecular weight excluding hydrogens is 284 g/mol. The highest BCUT2D eigenvalue weighted by molar-refractivity contribution is 5.82. The topological polar surface area (TPSA) is 79.1 Å². The van der Waals surface area contributed by atoms with Gasteiger partial charge in [-0.15, -0.1) is 0 Å². The molecule has 7 heteroatoms. The van der Waals surface area contributed by atoms with Crippen molar-refractivity contribution in [3.05, 3.63) is 0 Å². The van der Waals surface area contributed by atoms with Crippen LogP contribution in [0.4, 0.5) is 0 Å². The van der Waals surface area contributed by atoms with Crippen LogP contribution >= 0.6 is 0 Å². The van der Waals surface area contributed by atoms with Gasteiger partial charge in [-0.1, -0.05) is 13.3 Å². The van der Waals surface area contributed by atoms with Crippen LogP contribution in [0, 0.1) is 0 Å². The number of nitrogens with two attached hydrogens (primary N) is 1. The van der Waals surface area contributed by atoms with Gasteiger partial charge >= 0.3 is 0 Å². The molecule has 2 N–H and O–H groups in total. The Bertz CT molecular complexity index is 377. The number of hydrogen-bond acceptors (Lipinski definition) is 5. The normalized spacial score (nSPS) is 21.7. The molecule has 1 atom stereocenters. The minimum atomic E-state index is -0.402. The van der Waals surface area contributed by atoms with Crippen LogP contribution in [0.25, 0.3) is 0 Å². The summed E-state index contributed by atoms with van der Waals surface area (Å²) < 4.78 is 5.29. The van der Waals surface area contributed by atoms with Crippen molar-refractivity contribution in [1.29, 1.82) is 0 Å². The molecule has 22 heavy (non-hydrogen) atoms. The number of nitrogens with zero attached hydrogens (tertiary/aromatic N) is 3. The van der Waals surface area contributed by atoms with Crippen molar-refractivity contribution >= 4 is 11.8 Å². The Morgan fingerprint density at radius 3 is 2.23 bits per heavy atom. The molecule has 0 aliphatic carbocycles. The summed E-state index contributed by atoms with van der Waals surface area (Å²) in [7, 11) is 0. The van der Waals surface area contributed by atoms with Crippen LogP contribution in [0.5, 0.6) is 0 Å². The third-order valence-electron chi connectivity index (χ3n) is 4.32. The fourth-order valence-electron chi connectivity index (χ4n) is 2.90. The number of ether oxygens (including phenoxy) is 1. The Morgan fingerprint density at radius 1 is 1.05 bits per heavy atom. The highest BCUT2D eigenvalue weighted by atomic mass is 16.5. The van der Waals surface area contributed by atoms with E-state index in [-0.39, 0.29) is 11.8 Å². The molecule has 0 aromatic heterocycles. The molecule has 0 aromatic rings. The molecule has 2 aliphatic rings. The summed E-state index contributed by atoms with van der Waals surface area (Å²) >= 11 is 0. The monoisotopic (exact) mass is 312 g/mol. The molecule has 0 spiro atoms. The lowest BCUT2D eigenvalue weighted by atomic mass is 10.1. The first kappa shape index (κ1) is 17.2. The van der Waals surface area contributed by atoms with Gasteiger partial charge in [-0.05, 0) is 6.42 Å². The summed E-state index contributed by atoms with van der Waals surface area (Å²) in [5.41, 5.74) is 5.89. The summed E-state index contributed by atoms with van der Waals surface area (Å²) in [4.78, 5) is 30.2. The van der Waals surface area contributed by atoms with E-state index in [4.69, 9.17) is 10.5 Å². The molecule has 2 fully saturated rings. The van der Waals surface area contributed by atoms with Gasteiger partial charge in [0.2, 0.25) is 11.8 Å². The molecule has 0 bridgehead atoms. The Labute approximate surface area is 132 Å². The molecule has 126 valence electrons. The fraction of sp³-hybridized carbons (Fsp3) is 0.867. The lowest BCUT2D eigenvalue weighted by molar-refractivity contribution is -0.141. The molecule has 0 aromatic carbocycles. The van der Waals surface area contributed by atoms with Crippen LogP contribution in [0.1, 0.15) is 19.8 Å². The second kappa shape index (κ2) is 8.45. The smallest absolute Gasteiger partial charge is 0.239 e. The predicted molar refractivity (Wildman–Crippen MR) is 83.3 cm³/mol. The molecule has 2 aliphatic heterocycles. The second-order valence-corrected chi connectivity index (χ2v) is 5.99. The van der Waals surface area contributed by atoms with Crippen LogP contribution in [-0.4, -0.2) is 91.6 Å². The zero-order valence-corrected chi connectivity index (χ0v) is 13.5. The number of carbonyl (C=O) groups is 2. The van der Waals surface area contributed by atoms with E-state index in [0.717, 1.165) is 25.9 Å². The summed E-state index contributed by atoms with van der Waals surface area (Å²) in [6, 6.07) is -0.402. The first-order chi connectivity index (χ1) is 10.6. The maximum Gasteiger partial charge on any atom is 0.239 e. The van der Waals surface area contributed by atoms with E-state index in [9.17, 15) is 9.59 Å². The summed E-state index contributed by atoms with van der Waals surface area (Å²) in [5.74, 6) is 0.161. The SMILES string of the molecule is CCCC(N)C(=O)N1CCN(C(=O)CN2CCOCC2)CC1. The van der Waals surface area contributed by atoms with E-state index >= 15 is 0 Å². The maximum absolute atomic E-state index is 12.3. The number of amides is 2. The van der Waals surface area contributed by atoms with Gasteiger partial charge in [0, 0.05) is 39.3 Å². The molecule has 7 nitrogen and oxygen atoms in total. The molecule has 0 radical (unpaired) electrons. The number of rotatable bonds is 5. The van der Waals surface area contributed by atoms with Crippen molar-refractivity contribution in [2.24, 2.45) is 5.73 Å². The summed E-state index contributed by atoms with van der Waals surface area (Å²) in [5, 5.41) is 0. The lowest BCUT2D eigenvalue weighted by Gasteiger charge is -2.37. The van der Waals surface area contributed by atoms with E-state index in [1.165, 1.54) is 0 Å². The van der Waals surface area contributed by atoms with Crippen molar-refractivity contribution in [2.75, 3.05) is 59.0 Å². The van der Waals surface area contributed by atoms with Gasteiger partial charge in [0.05, 0.1) is 25.8 Å². The van der Waals surface area contributed by atoms with Gasteiger partial charge in [0.25, 0.3) is 0 Å².